The van der Waals surface area contributed by atoms with Crippen molar-refractivity contribution >= 4 is 0 Å². The smallest absolute Gasteiger partial charge is 0.0576 e. The van der Waals surface area contributed by atoms with Gasteiger partial charge in [-0.1, -0.05) is 0 Å². The van der Waals surface area contributed by atoms with Crippen LogP contribution in [0.2, 0.25) is 0 Å². The predicted molar refractivity (Wildman–Crippen MR) is 58.5 cm³/mol. The first kappa shape index (κ1) is 10.4. The Morgan fingerprint density at radius 2 is 2.21 bits per heavy atom. The molecule has 0 aromatic heterocycles. The summed E-state index contributed by atoms with van der Waals surface area (Å²) in [4.78, 5) is 0. The van der Waals surface area contributed by atoms with E-state index in [9.17, 15) is 0 Å². The summed E-state index contributed by atoms with van der Waals surface area (Å²) in [5.74, 6) is 0. The van der Waals surface area contributed by atoms with Gasteiger partial charge in [0.15, 0.2) is 0 Å². The first-order valence-corrected chi connectivity index (χ1v) is 6.15. The highest BCUT2D eigenvalue weighted by Crippen LogP contribution is 2.30. The number of nitrogens with one attached hydrogen (secondary N) is 1. The van der Waals surface area contributed by atoms with Crippen molar-refractivity contribution in [3.8, 4) is 0 Å². The van der Waals surface area contributed by atoms with E-state index < -0.39 is 0 Å². The average Bonchev–Trinajstić information content (AvgIpc) is 2.62. The quantitative estimate of drug-likeness (QED) is 0.684. The molecule has 1 heterocycles. The van der Waals surface area contributed by atoms with Crippen LogP contribution in [0.25, 0.3) is 0 Å². The van der Waals surface area contributed by atoms with Crippen molar-refractivity contribution in [2.24, 2.45) is 0 Å². The predicted octanol–water partition coefficient (Wildman–Crippen LogP) is 2.48. The van der Waals surface area contributed by atoms with Crippen molar-refractivity contribution in [3.05, 3.63) is 0 Å². The van der Waals surface area contributed by atoms with Gasteiger partial charge < -0.3 is 10.1 Å². The number of ether oxygens (including phenoxy) is 1. The Morgan fingerprint density at radius 3 is 2.79 bits per heavy atom. The van der Waals surface area contributed by atoms with Gasteiger partial charge in [-0.2, -0.15) is 0 Å². The lowest BCUT2D eigenvalue weighted by Gasteiger charge is -2.39. The number of hydrogen-bond acceptors (Lipinski definition) is 2. The number of hydrogen-bond donors (Lipinski definition) is 1. The molecule has 1 aliphatic carbocycles. The van der Waals surface area contributed by atoms with Crippen molar-refractivity contribution < 1.29 is 4.74 Å². The van der Waals surface area contributed by atoms with E-state index >= 15 is 0 Å². The molecule has 0 amide bonds. The zero-order valence-corrected chi connectivity index (χ0v) is 9.35. The second-order valence-electron chi connectivity index (χ2n) is 5.12. The minimum absolute atomic E-state index is 0.483. The second kappa shape index (κ2) is 4.63. The highest BCUT2D eigenvalue weighted by molar-refractivity contribution is 4.91. The summed E-state index contributed by atoms with van der Waals surface area (Å²) >= 11 is 0. The monoisotopic (exact) mass is 197 g/mol. The standard InChI is InChI=1S/C12H23NO/c1-12(7-4-8-12)13-9-2-5-11-6-3-10-14-11/h11,13H,2-10H2,1H3. The first-order valence-electron chi connectivity index (χ1n) is 6.15. The fraction of sp³-hybridized carbons (Fsp3) is 1.00. The van der Waals surface area contributed by atoms with Gasteiger partial charge in [0, 0.05) is 12.1 Å². The molecule has 1 aliphatic heterocycles. The molecule has 2 heteroatoms. The highest BCUT2D eigenvalue weighted by atomic mass is 16.5. The minimum atomic E-state index is 0.483. The van der Waals surface area contributed by atoms with Gasteiger partial charge in [-0.3, -0.25) is 0 Å². The molecule has 2 fully saturated rings. The van der Waals surface area contributed by atoms with Crippen LogP contribution in [0.15, 0.2) is 0 Å². The van der Waals surface area contributed by atoms with Crippen LogP contribution in [0.4, 0.5) is 0 Å². The molecule has 1 atom stereocenters. The Balaban J connectivity index is 1.50. The third-order valence-corrected chi connectivity index (χ3v) is 3.74. The lowest BCUT2D eigenvalue weighted by atomic mass is 9.78. The van der Waals surface area contributed by atoms with Gasteiger partial charge in [0.25, 0.3) is 0 Å². The second-order valence-corrected chi connectivity index (χ2v) is 5.12. The molecule has 1 saturated heterocycles. The summed E-state index contributed by atoms with van der Waals surface area (Å²) in [6.45, 7) is 4.52. The van der Waals surface area contributed by atoms with E-state index in [4.69, 9.17) is 4.74 Å². The molecule has 1 unspecified atom stereocenters. The van der Waals surface area contributed by atoms with Crippen LogP contribution in [0.3, 0.4) is 0 Å². The van der Waals surface area contributed by atoms with E-state index in [-0.39, 0.29) is 0 Å². The Bertz CT molecular complexity index is 171. The molecule has 0 spiro atoms. The lowest BCUT2D eigenvalue weighted by molar-refractivity contribution is 0.101. The summed E-state index contributed by atoms with van der Waals surface area (Å²) in [6.07, 6.45) is 9.82. The summed E-state index contributed by atoms with van der Waals surface area (Å²) in [7, 11) is 0. The van der Waals surface area contributed by atoms with Crippen LogP contribution in [-0.2, 0) is 4.74 Å². The van der Waals surface area contributed by atoms with E-state index in [0.717, 1.165) is 6.61 Å². The van der Waals surface area contributed by atoms with Gasteiger partial charge >= 0.3 is 0 Å². The van der Waals surface area contributed by atoms with Crippen LogP contribution in [-0.4, -0.2) is 24.8 Å². The number of rotatable bonds is 5. The fourth-order valence-corrected chi connectivity index (χ4v) is 2.48. The van der Waals surface area contributed by atoms with Crippen LogP contribution in [0.5, 0.6) is 0 Å². The van der Waals surface area contributed by atoms with Crippen molar-refractivity contribution in [3.63, 3.8) is 0 Å². The first-order chi connectivity index (χ1) is 6.79. The van der Waals surface area contributed by atoms with Gasteiger partial charge in [-0.15, -0.1) is 0 Å². The van der Waals surface area contributed by atoms with Crippen molar-refractivity contribution in [2.45, 2.75) is 63.5 Å². The van der Waals surface area contributed by atoms with Gasteiger partial charge in [0.05, 0.1) is 6.10 Å². The Kier molecular flexibility index (Phi) is 3.45. The molecule has 2 nitrogen and oxygen atoms in total. The van der Waals surface area contributed by atoms with Crippen molar-refractivity contribution in [1.82, 2.24) is 5.32 Å². The molecule has 0 bridgehead atoms. The third kappa shape index (κ3) is 2.71. The summed E-state index contributed by atoms with van der Waals surface area (Å²) in [5, 5.41) is 3.66. The Labute approximate surface area is 87.4 Å². The van der Waals surface area contributed by atoms with E-state index in [1.165, 1.54) is 51.5 Å². The molecule has 0 aromatic carbocycles. The molecule has 0 aromatic rings. The maximum atomic E-state index is 5.60. The Hall–Kier alpha value is -0.0800. The molecule has 1 saturated carbocycles. The molecule has 0 radical (unpaired) electrons. The Morgan fingerprint density at radius 1 is 1.36 bits per heavy atom. The van der Waals surface area contributed by atoms with E-state index in [1.54, 1.807) is 0 Å². The van der Waals surface area contributed by atoms with Gasteiger partial charge in [-0.05, 0) is 58.4 Å². The summed E-state index contributed by atoms with van der Waals surface area (Å²) < 4.78 is 5.60. The molecular weight excluding hydrogens is 174 g/mol. The van der Waals surface area contributed by atoms with E-state index in [0.29, 0.717) is 11.6 Å². The van der Waals surface area contributed by atoms with Crippen LogP contribution in [0.1, 0.15) is 51.9 Å². The summed E-state index contributed by atoms with van der Waals surface area (Å²) in [5.41, 5.74) is 0.483. The zero-order chi connectivity index (χ0) is 9.86. The molecule has 14 heavy (non-hydrogen) atoms. The molecular formula is C12H23NO. The molecule has 82 valence electrons. The van der Waals surface area contributed by atoms with Gasteiger partial charge in [0.2, 0.25) is 0 Å². The average molecular weight is 197 g/mol. The van der Waals surface area contributed by atoms with Crippen molar-refractivity contribution in [1.29, 1.82) is 0 Å². The van der Waals surface area contributed by atoms with E-state index in [1.807, 2.05) is 0 Å². The van der Waals surface area contributed by atoms with E-state index in [2.05, 4.69) is 12.2 Å². The zero-order valence-electron chi connectivity index (χ0n) is 9.35. The lowest BCUT2D eigenvalue weighted by Crippen LogP contribution is -2.48. The third-order valence-electron chi connectivity index (χ3n) is 3.74. The molecule has 1 N–H and O–H groups in total. The SMILES string of the molecule is CC1(NCCCC2CCCO2)CCC1. The highest BCUT2D eigenvalue weighted by Gasteiger charge is 2.30. The maximum Gasteiger partial charge on any atom is 0.0576 e. The molecule has 2 rings (SSSR count). The fourth-order valence-electron chi connectivity index (χ4n) is 2.48. The normalized spacial score (nSPS) is 30.2. The van der Waals surface area contributed by atoms with Crippen molar-refractivity contribution in [2.75, 3.05) is 13.2 Å². The van der Waals surface area contributed by atoms with Crippen LogP contribution < -0.4 is 5.32 Å². The summed E-state index contributed by atoms with van der Waals surface area (Å²) in [6, 6.07) is 0. The maximum absolute atomic E-state index is 5.60. The van der Waals surface area contributed by atoms with Crippen LogP contribution >= 0.6 is 0 Å². The van der Waals surface area contributed by atoms with Crippen LogP contribution in [0, 0.1) is 0 Å². The minimum Gasteiger partial charge on any atom is -0.378 e. The largest absolute Gasteiger partial charge is 0.378 e. The van der Waals surface area contributed by atoms with Gasteiger partial charge in [0.1, 0.15) is 0 Å². The molecule has 2 aliphatic rings. The topological polar surface area (TPSA) is 21.3 Å². The van der Waals surface area contributed by atoms with Gasteiger partial charge in [-0.25, -0.2) is 0 Å².